The van der Waals surface area contributed by atoms with Crippen LogP contribution in [-0.4, -0.2) is 44.0 Å². The van der Waals surface area contributed by atoms with Gasteiger partial charge in [0.25, 0.3) is 5.91 Å². The molecule has 1 heterocycles. The van der Waals surface area contributed by atoms with E-state index in [0.717, 1.165) is 0 Å². The third kappa shape index (κ3) is 3.46. The van der Waals surface area contributed by atoms with Gasteiger partial charge in [0.15, 0.2) is 0 Å². The van der Waals surface area contributed by atoms with Crippen molar-refractivity contribution in [2.45, 2.75) is 12.5 Å². The molecule has 5 nitrogen and oxygen atoms in total. The van der Waals surface area contributed by atoms with Crippen molar-refractivity contribution in [3.05, 3.63) is 34.9 Å². The molecule has 1 unspecified atom stereocenters. The molecule has 0 aliphatic carbocycles. The van der Waals surface area contributed by atoms with E-state index in [2.05, 4.69) is 5.32 Å². The minimum Gasteiger partial charge on any atom is -0.348 e. The van der Waals surface area contributed by atoms with Crippen LogP contribution in [-0.2, 0) is 10.0 Å². The molecule has 2 rings (SSSR count). The van der Waals surface area contributed by atoms with Gasteiger partial charge in [-0.05, 0) is 18.6 Å². The lowest BCUT2D eigenvalue weighted by Crippen LogP contribution is -2.38. The average Bonchev–Trinajstić information content (AvgIpc) is 2.77. The Balaban J connectivity index is 2.00. The third-order valence-corrected chi connectivity index (χ3v) is 4.67. The summed E-state index contributed by atoms with van der Waals surface area (Å²) >= 11 is 5.94. The number of sulfonamides is 1. The number of nitrogens with zero attached hydrogens (tertiary/aromatic N) is 1. The second-order valence-corrected chi connectivity index (χ2v) is 6.95. The molecule has 0 aromatic heterocycles. The van der Waals surface area contributed by atoms with Gasteiger partial charge in [0.1, 0.15) is 0 Å². The van der Waals surface area contributed by atoms with Gasteiger partial charge in [-0.15, -0.1) is 0 Å². The van der Waals surface area contributed by atoms with E-state index in [0.29, 0.717) is 30.1 Å². The topological polar surface area (TPSA) is 66.5 Å². The van der Waals surface area contributed by atoms with E-state index < -0.39 is 10.0 Å². The highest BCUT2D eigenvalue weighted by molar-refractivity contribution is 7.88. The Hall–Kier alpha value is -1.11. The first kappa shape index (κ1) is 14.3. The normalized spacial score (nSPS) is 20.4. The Morgan fingerprint density at radius 3 is 2.68 bits per heavy atom. The SMILES string of the molecule is CS(=O)(=O)N1CCC(NC(=O)c2ccccc2Cl)C1. The van der Waals surface area contributed by atoms with Gasteiger partial charge in [-0.1, -0.05) is 23.7 Å². The van der Waals surface area contributed by atoms with E-state index in [9.17, 15) is 13.2 Å². The molecular weight excluding hydrogens is 288 g/mol. The average molecular weight is 303 g/mol. The number of nitrogens with one attached hydrogen (secondary N) is 1. The summed E-state index contributed by atoms with van der Waals surface area (Å²) in [5, 5.41) is 3.20. The number of benzene rings is 1. The maximum Gasteiger partial charge on any atom is 0.253 e. The highest BCUT2D eigenvalue weighted by atomic mass is 35.5. The number of rotatable bonds is 3. The molecule has 1 aliphatic heterocycles. The number of hydrogen-bond donors (Lipinski definition) is 1. The first-order chi connectivity index (χ1) is 8.88. The van der Waals surface area contributed by atoms with Crippen LogP contribution in [0.25, 0.3) is 0 Å². The van der Waals surface area contributed by atoms with Crippen molar-refractivity contribution in [1.29, 1.82) is 0 Å². The van der Waals surface area contributed by atoms with Crippen LogP contribution in [0.1, 0.15) is 16.8 Å². The van der Waals surface area contributed by atoms with Crippen LogP contribution in [0.5, 0.6) is 0 Å². The van der Waals surface area contributed by atoms with Crippen molar-refractivity contribution in [1.82, 2.24) is 9.62 Å². The first-order valence-electron chi connectivity index (χ1n) is 5.88. The maximum absolute atomic E-state index is 12.0. The molecule has 1 fully saturated rings. The van der Waals surface area contributed by atoms with Gasteiger partial charge in [-0.2, -0.15) is 0 Å². The zero-order valence-electron chi connectivity index (χ0n) is 10.5. The fourth-order valence-electron chi connectivity index (χ4n) is 2.06. The summed E-state index contributed by atoms with van der Waals surface area (Å²) in [6.07, 6.45) is 1.79. The monoisotopic (exact) mass is 302 g/mol. The summed E-state index contributed by atoms with van der Waals surface area (Å²) < 4.78 is 24.1. The van der Waals surface area contributed by atoms with E-state index in [-0.39, 0.29) is 11.9 Å². The van der Waals surface area contributed by atoms with Gasteiger partial charge in [0, 0.05) is 19.1 Å². The Morgan fingerprint density at radius 2 is 2.11 bits per heavy atom. The molecule has 19 heavy (non-hydrogen) atoms. The highest BCUT2D eigenvalue weighted by Gasteiger charge is 2.29. The van der Waals surface area contributed by atoms with Gasteiger partial charge < -0.3 is 5.32 Å². The zero-order chi connectivity index (χ0) is 14.0. The predicted octanol–water partition coefficient (Wildman–Crippen LogP) is 1.10. The van der Waals surface area contributed by atoms with Gasteiger partial charge in [-0.3, -0.25) is 4.79 Å². The minimum absolute atomic E-state index is 0.168. The van der Waals surface area contributed by atoms with Crippen LogP contribution in [0.15, 0.2) is 24.3 Å². The van der Waals surface area contributed by atoms with E-state index in [1.54, 1.807) is 24.3 Å². The lowest BCUT2D eigenvalue weighted by Gasteiger charge is -2.15. The van der Waals surface area contributed by atoms with E-state index in [1.807, 2.05) is 0 Å². The molecule has 1 saturated heterocycles. The second kappa shape index (κ2) is 5.48. The summed E-state index contributed by atoms with van der Waals surface area (Å²) in [7, 11) is -3.19. The molecular formula is C12H15ClN2O3S. The molecule has 0 spiro atoms. The predicted molar refractivity (Wildman–Crippen MR) is 73.7 cm³/mol. The van der Waals surface area contributed by atoms with Gasteiger partial charge >= 0.3 is 0 Å². The summed E-state index contributed by atoms with van der Waals surface area (Å²) in [5.74, 6) is -0.272. The molecule has 1 N–H and O–H groups in total. The Morgan fingerprint density at radius 1 is 1.42 bits per heavy atom. The number of hydrogen-bond acceptors (Lipinski definition) is 3. The summed E-state index contributed by atoms with van der Waals surface area (Å²) in [6, 6.07) is 6.60. The lowest BCUT2D eigenvalue weighted by molar-refractivity contribution is 0.0939. The fraction of sp³-hybridized carbons (Fsp3) is 0.417. The van der Waals surface area contributed by atoms with Crippen LogP contribution in [0.2, 0.25) is 5.02 Å². The first-order valence-corrected chi connectivity index (χ1v) is 8.11. The molecule has 1 aromatic rings. The van der Waals surface area contributed by atoms with Crippen molar-refractivity contribution in [3.63, 3.8) is 0 Å². The third-order valence-electron chi connectivity index (χ3n) is 3.07. The quantitative estimate of drug-likeness (QED) is 0.909. The van der Waals surface area contributed by atoms with Crippen molar-refractivity contribution in [2.75, 3.05) is 19.3 Å². The molecule has 1 aliphatic rings. The Labute approximate surface area is 117 Å². The fourth-order valence-corrected chi connectivity index (χ4v) is 3.17. The van der Waals surface area contributed by atoms with Crippen LogP contribution in [0.4, 0.5) is 0 Å². The van der Waals surface area contributed by atoms with Crippen LogP contribution < -0.4 is 5.32 Å². The number of carbonyl (C=O) groups is 1. The molecule has 1 atom stereocenters. The van der Waals surface area contributed by atoms with Crippen LogP contribution in [0, 0.1) is 0 Å². The van der Waals surface area contributed by atoms with Crippen molar-refractivity contribution >= 4 is 27.5 Å². The zero-order valence-corrected chi connectivity index (χ0v) is 12.0. The molecule has 0 bridgehead atoms. The second-order valence-electron chi connectivity index (χ2n) is 4.56. The van der Waals surface area contributed by atoms with E-state index in [1.165, 1.54) is 10.6 Å². The van der Waals surface area contributed by atoms with Gasteiger partial charge in [-0.25, -0.2) is 12.7 Å². The molecule has 1 aromatic carbocycles. The molecule has 0 radical (unpaired) electrons. The Kier molecular flexibility index (Phi) is 4.13. The van der Waals surface area contributed by atoms with Gasteiger partial charge in [0.2, 0.25) is 10.0 Å². The van der Waals surface area contributed by atoms with Crippen LogP contribution >= 0.6 is 11.6 Å². The standard InChI is InChI=1S/C12H15ClN2O3S/c1-19(17,18)15-7-6-9(8-15)14-12(16)10-4-2-3-5-11(10)13/h2-5,9H,6-8H2,1H3,(H,14,16). The van der Waals surface area contributed by atoms with Crippen molar-refractivity contribution in [3.8, 4) is 0 Å². The summed E-state index contributed by atoms with van der Waals surface area (Å²) in [6.45, 7) is 0.751. The Bertz CT molecular complexity index is 588. The maximum atomic E-state index is 12.0. The van der Waals surface area contributed by atoms with Crippen molar-refractivity contribution in [2.24, 2.45) is 0 Å². The smallest absolute Gasteiger partial charge is 0.253 e. The van der Waals surface area contributed by atoms with Gasteiger partial charge in [0.05, 0.1) is 16.8 Å². The molecule has 7 heteroatoms. The molecule has 104 valence electrons. The number of carbonyl (C=O) groups excluding carboxylic acids is 1. The van der Waals surface area contributed by atoms with Crippen molar-refractivity contribution < 1.29 is 13.2 Å². The lowest BCUT2D eigenvalue weighted by atomic mass is 10.2. The highest BCUT2D eigenvalue weighted by Crippen LogP contribution is 2.17. The summed E-state index contributed by atoms with van der Waals surface area (Å²) in [4.78, 5) is 12.0. The van der Waals surface area contributed by atoms with Crippen LogP contribution in [0.3, 0.4) is 0 Å². The number of halogens is 1. The van der Waals surface area contributed by atoms with E-state index in [4.69, 9.17) is 11.6 Å². The molecule has 1 amide bonds. The minimum atomic E-state index is -3.19. The van der Waals surface area contributed by atoms with E-state index >= 15 is 0 Å². The molecule has 0 saturated carbocycles. The summed E-state index contributed by atoms with van der Waals surface area (Å²) in [5.41, 5.74) is 0.405. The largest absolute Gasteiger partial charge is 0.348 e. The number of amides is 1.